The lowest BCUT2D eigenvalue weighted by Gasteiger charge is -2.06. The molecule has 0 aliphatic carbocycles. The molecule has 0 aromatic carbocycles. The van der Waals surface area contributed by atoms with Crippen LogP contribution in [0.25, 0.3) is 0 Å². The number of methoxy groups -OCH3 is 1. The van der Waals surface area contributed by atoms with Crippen LogP contribution in [0.5, 0.6) is 0 Å². The van der Waals surface area contributed by atoms with Gasteiger partial charge < -0.3 is 19.3 Å². The summed E-state index contributed by atoms with van der Waals surface area (Å²) in [4.78, 5) is 11.2. The van der Waals surface area contributed by atoms with E-state index in [4.69, 9.17) is 14.6 Å². The summed E-state index contributed by atoms with van der Waals surface area (Å²) >= 11 is 0. The van der Waals surface area contributed by atoms with Gasteiger partial charge in [-0.25, -0.2) is 4.79 Å². The smallest absolute Gasteiger partial charge is 0.373 e. The van der Waals surface area contributed by atoms with E-state index in [2.05, 4.69) is 4.74 Å². The minimum atomic E-state index is -0.521. The Hall–Kier alpha value is -2.01. The molecule has 5 nitrogen and oxygen atoms in total. The molecule has 2 aromatic heterocycles. The van der Waals surface area contributed by atoms with E-state index in [0.717, 1.165) is 11.3 Å². The van der Waals surface area contributed by atoms with Crippen LogP contribution in [-0.2, 0) is 4.74 Å². The second-order valence-electron chi connectivity index (χ2n) is 3.60. The molecule has 1 unspecified atom stereocenters. The molecule has 2 rings (SSSR count). The molecule has 90 valence electrons. The summed E-state index contributed by atoms with van der Waals surface area (Å²) < 4.78 is 15.1. The molecule has 0 aliphatic heterocycles. The average molecular weight is 235 g/mol. The summed E-state index contributed by atoms with van der Waals surface area (Å²) in [5.41, 5.74) is 6.84. The fraction of sp³-hybridized carbons (Fsp3) is 0.250. The van der Waals surface area contributed by atoms with E-state index in [-0.39, 0.29) is 5.76 Å². The molecule has 0 bridgehead atoms. The van der Waals surface area contributed by atoms with Crippen molar-refractivity contribution in [2.45, 2.75) is 13.0 Å². The third-order valence-corrected chi connectivity index (χ3v) is 2.55. The van der Waals surface area contributed by atoms with Gasteiger partial charge in [-0.2, -0.15) is 0 Å². The van der Waals surface area contributed by atoms with E-state index in [9.17, 15) is 4.79 Å². The van der Waals surface area contributed by atoms with Crippen LogP contribution in [0.2, 0.25) is 0 Å². The zero-order chi connectivity index (χ0) is 12.4. The molecule has 0 saturated carbocycles. The Labute approximate surface area is 98.2 Å². The molecule has 0 fully saturated rings. The van der Waals surface area contributed by atoms with Crippen LogP contribution in [0.3, 0.4) is 0 Å². The van der Waals surface area contributed by atoms with Gasteiger partial charge in [0.15, 0.2) is 0 Å². The van der Waals surface area contributed by atoms with E-state index >= 15 is 0 Å². The second-order valence-corrected chi connectivity index (χ2v) is 3.60. The minimum absolute atomic E-state index is 0.138. The van der Waals surface area contributed by atoms with Gasteiger partial charge in [-0.3, -0.25) is 0 Å². The molecule has 2 heterocycles. The first-order chi connectivity index (χ1) is 8.13. The van der Waals surface area contributed by atoms with Crippen LogP contribution in [-0.4, -0.2) is 13.1 Å². The molecular weight excluding hydrogens is 222 g/mol. The first-order valence-corrected chi connectivity index (χ1v) is 5.11. The Balaban J connectivity index is 2.26. The normalized spacial score (nSPS) is 12.4. The predicted molar refractivity (Wildman–Crippen MR) is 59.5 cm³/mol. The quantitative estimate of drug-likeness (QED) is 0.823. The number of rotatable bonds is 3. The SMILES string of the molecule is COC(=O)c1ccc(C(N)c2ccoc2C)o1. The fourth-order valence-electron chi connectivity index (χ4n) is 1.60. The summed E-state index contributed by atoms with van der Waals surface area (Å²) in [6.45, 7) is 1.82. The fourth-order valence-corrected chi connectivity index (χ4v) is 1.60. The molecule has 1 atom stereocenters. The molecule has 0 saturated heterocycles. The molecule has 2 N–H and O–H groups in total. The van der Waals surface area contributed by atoms with E-state index in [0.29, 0.717) is 5.76 Å². The molecular formula is C12H13NO4. The molecule has 0 spiro atoms. The van der Waals surface area contributed by atoms with Gasteiger partial charge in [0.25, 0.3) is 0 Å². The standard InChI is InChI=1S/C12H13NO4/c1-7-8(5-6-16-7)11(13)9-3-4-10(17-9)12(14)15-2/h3-6,11H,13H2,1-2H3. The zero-order valence-electron chi connectivity index (χ0n) is 9.60. The third kappa shape index (κ3) is 2.09. The van der Waals surface area contributed by atoms with E-state index < -0.39 is 12.0 Å². The van der Waals surface area contributed by atoms with Gasteiger partial charge in [0.2, 0.25) is 5.76 Å². The molecule has 0 aliphatic rings. The summed E-state index contributed by atoms with van der Waals surface area (Å²) in [6, 6.07) is 4.52. The maximum atomic E-state index is 11.2. The first-order valence-electron chi connectivity index (χ1n) is 5.11. The van der Waals surface area contributed by atoms with Gasteiger partial charge in [0.05, 0.1) is 19.4 Å². The number of carbonyl (C=O) groups is 1. The average Bonchev–Trinajstić information content (AvgIpc) is 2.95. The van der Waals surface area contributed by atoms with Gasteiger partial charge in [-0.1, -0.05) is 0 Å². The van der Waals surface area contributed by atoms with Gasteiger partial charge >= 0.3 is 5.97 Å². The van der Waals surface area contributed by atoms with Crippen molar-refractivity contribution in [3.05, 3.63) is 47.3 Å². The van der Waals surface area contributed by atoms with E-state index in [1.165, 1.54) is 13.2 Å². The van der Waals surface area contributed by atoms with Crippen molar-refractivity contribution in [1.82, 2.24) is 0 Å². The van der Waals surface area contributed by atoms with Crippen molar-refractivity contribution in [2.75, 3.05) is 7.11 Å². The molecule has 0 radical (unpaired) electrons. The predicted octanol–water partition coefficient (Wildman–Crippen LogP) is 2.02. The summed E-state index contributed by atoms with van der Waals surface area (Å²) in [7, 11) is 1.30. The highest BCUT2D eigenvalue weighted by molar-refractivity contribution is 5.86. The van der Waals surface area contributed by atoms with E-state index in [1.54, 1.807) is 18.4 Å². The highest BCUT2D eigenvalue weighted by Gasteiger charge is 2.19. The summed E-state index contributed by atoms with van der Waals surface area (Å²) in [6.07, 6.45) is 1.56. The third-order valence-electron chi connectivity index (χ3n) is 2.55. The number of hydrogen-bond donors (Lipinski definition) is 1. The Morgan fingerprint density at radius 2 is 2.18 bits per heavy atom. The van der Waals surface area contributed by atoms with Gasteiger partial charge in [-0.05, 0) is 25.1 Å². The van der Waals surface area contributed by atoms with Crippen molar-refractivity contribution < 1.29 is 18.4 Å². The number of carbonyl (C=O) groups excluding carboxylic acids is 1. The lowest BCUT2D eigenvalue weighted by atomic mass is 10.1. The molecule has 17 heavy (non-hydrogen) atoms. The number of nitrogens with two attached hydrogens (primary N) is 1. The van der Waals surface area contributed by atoms with Crippen molar-refractivity contribution in [1.29, 1.82) is 0 Å². The maximum Gasteiger partial charge on any atom is 0.373 e. The van der Waals surface area contributed by atoms with Crippen LogP contribution in [0, 0.1) is 6.92 Å². The van der Waals surface area contributed by atoms with Gasteiger partial charge in [0, 0.05) is 5.56 Å². The lowest BCUT2D eigenvalue weighted by Crippen LogP contribution is -2.11. The highest BCUT2D eigenvalue weighted by atomic mass is 16.5. The summed E-state index contributed by atoms with van der Waals surface area (Å²) in [5.74, 6) is 0.842. The summed E-state index contributed by atoms with van der Waals surface area (Å²) in [5, 5.41) is 0. The van der Waals surface area contributed by atoms with Crippen LogP contribution >= 0.6 is 0 Å². The maximum absolute atomic E-state index is 11.2. The Bertz CT molecular complexity index is 526. The largest absolute Gasteiger partial charge is 0.469 e. The Morgan fingerprint density at radius 3 is 2.76 bits per heavy atom. The van der Waals surface area contributed by atoms with E-state index in [1.807, 2.05) is 6.92 Å². The number of ether oxygens (including phenoxy) is 1. The monoisotopic (exact) mass is 235 g/mol. The molecule has 0 amide bonds. The van der Waals surface area contributed by atoms with Crippen LogP contribution in [0.4, 0.5) is 0 Å². The van der Waals surface area contributed by atoms with Crippen LogP contribution in [0.15, 0.2) is 33.3 Å². The number of hydrogen-bond acceptors (Lipinski definition) is 5. The molecule has 2 aromatic rings. The van der Waals surface area contributed by atoms with Crippen molar-refractivity contribution >= 4 is 5.97 Å². The number of esters is 1. The van der Waals surface area contributed by atoms with Crippen molar-refractivity contribution in [3.8, 4) is 0 Å². The molecule has 5 heteroatoms. The van der Waals surface area contributed by atoms with Crippen LogP contribution in [0.1, 0.15) is 33.7 Å². The minimum Gasteiger partial charge on any atom is -0.469 e. The number of furan rings is 2. The lowest BCUT2D eigenvalue weighted by molar-refractivity contribution is 0.0562. The van der Waals surface area contributed by atoms with Crippen molar-refractivity contribution in [2.24, 2.45) is 5.73 Å². The van der Waals surface area contributed by atoms with Gasteiger partial charge in [-0.15, -0.1) is 0 Å². The zero-order valence-corrected chi connectivity index (χ0v) is 9.60. The van der Waals surface area contributed by atoms with Crippen molar-refractivity contribution in [3.63, 3.8) is 0 Å². The second kappa shape index (κ2) is 4.47. The van der Waals surface area contributed by atoms with Crippen LogP contribution < -0.4 is 5.73 Å². The highest BCUT2D eigenvalue weighted by Crippen LogP contribution is 2.25. The van der Waals surface area contributed by atoms with Gasteiger partial charge in [0.1, 0.15) is 11.5 Å². The first kappa shape index (κ1) is 11.5. The topological polar surface area (TPSA) is 78.6 Å². The number of aryl methyl sites for hydroxylation is 1. The Morgan fingerprint density at radius 1 is 1.41 bits per heavy atom. The Kier molecular flexibility index (Phi) is 3.01.